The molecule has 76 valence electrons. The number of halogens is 1. The minimum absolute atomic E-state index is 0.0810. The van der Waals surface area contributed by atoms with Crippen LogP contribution in [-0.4, -0.2) is 4.98 Å². The van der Waals surface area contributed by atoms with Crippen LogP contribution < -0.4 is 11.3 Å². The predicted octanol–water partition coefficient (Wildman–Crippen LogP) is 2.31. The molecule has 0 bridgehead atoms. The van der Waals surface area contributed by atoms with Crippen LogP contribution in [0.2, 0.25) is 0 Å². The second-order valence-corrected chi connectivity index (χ2v) is 4.23. The van der Waals surface area contributed by atoms with Gasteiger partial charge in [0.2, 0.25) is 0 Å². The summed E-state index contributed by atoms with van der Waals surface area (Å²) >= 11 is 3.37. The standard InChI is InChI=1S/C10H14BrN3/c1-7(2)3-10(14-12)8-4-9(11)6-13-5-8/h4-6,10,14H,1,3,12H2,2H3. The highest BCUT2D eigenvalue weighted by Crippen LogP contribution is 2.21. The van der Waals surface area contributed by atoms with Gasteiger partial charge in [-0.3, -0.25) is 16.3 Å². The number of nitrogens with zero attached hydrogens (tertiary/aromatic N) is 1. The highest BCUT2D eigenvalue weighted by atomic mass is 79.9. The number of hydrogen-bond acceptors (Lipinski definition) is 3. The first-order chi connectivity index (χ1) is 6.63. The van der Waals surface area contributed by atoms with Crippen LogP contribution in [0.1, 0.15) is 24.9 Å². The van der Waals surface area contributed by atoms with Crippen molar-refractivity contribution >= 4 is 15.9 Å². The molecule has 0 radical (unpaired) electrons. The van der Waals surface area contributed by atoms with Gasteiger partial charge in [-0.05, 0) is 40.9 Å². The first-order valence-corrected chi connectivity index (χ1v) is 5.13. The summed E-state index contributed by atoms with van der Waals surface area (Å²) in [5, 5.41) is 0. The Balaban J connectivity index is 2.83. The maximum absolute atomic E-state index is 5.47. The molecule has 0 aliphatic carbocycles. The van der Waals surface area contributed by atoms with E-state index in [1.165, 1.54) is 0 Å². The number of rotatable bonds is 4. The van der Waals surface area contributed by atoms with Crippen molar-refractivity contribution < 1.29 is 0 Å². The van der Waals surface area contributed by atoms with E-state index in [0.29, 0.717) is 0 Å². The zero-order valence-electron chi connectivity index (χ0n) is 8.13. The molecule has 0 amide bonds. The molecule has 0 aliphatic rings. The van der Waals surface area contributed by atoms with Crippen molar-refractivity contribution in [3.8, 4) is 0 Å². The van der Waals surface area contributed by atoms with Crippen molar-refractivity contribution in [2.24, 2.45) is 5.84 Å². The quantitative estimate of drug-likeness (QED) is 0.493. The Labute approximate surface area is 92.5 Å². The number of nitrogens with one attached hydrogen (secondary N) is 1. The Morgan fingerprint density at radius 1 is 1.71 bits per heavy atom. The van der Waals surface area contributed by atoms with E-state index in [-0.39, 0.29) is 6.04 Å². The van der Waals surface area contributed by atoms with Gasteiger partial charge in [0.25, 0.3) is 0 Å². The SMILES string of the molecule is C=C(C)CC(NN)c1cncc(Br)c1. The van der Waals surface area contributed by atoms with Gasteiger partial charge in [-0.25, -0.2) is 0 Å². The molecule has 0 saturated carbocycles. The number of nitrogens with two attached hydrogens (primary N) is 1. The van der Waals surface area contributed by atoms with Crippen molar-refractivity contribution in [1.29, 1.82) is 0 Å². The molecule has 1 unspecified atom stereocenters. The lowest BCUT2D eigenvalue weighted by atomic mass is 10.0. The van der Waals surface area contributed by atoms with Gasteiger partial charge in [-0.1, -0.05) is 5.57 Å². The molecule has 3 nitrogen and oxygen atoms in total. The Hall–Kier alpha value is -0.710. The summed E-state index contributed by atoms with van der Waals surface area (Å²) < 4.78 is 0.956. The summed E-state index contributed by atoms with van der Waals surface area (Å²) in [5.41, 5.74) is 4.91. The third kappa shape index (κ3) is 3.21. The van der Waals surface area contributed by atoms with Crippen LogP contribution in [0.4, 0.5) is 0 Å². The molecule has 0 fully saturated rings. The summed E-state index contributed by atoms with van der Waals surface area (Å²) in [7, 11) is 0. The largest absolute Gasteiger partial charge is 0.271 e. The lowest BCUT2D eigenvalue weighted by molar-refractivity contribution is 0.548. The van der Waals surface area contributed by atoms with Gasteiger partial charge in [0.15, 0.2) is 0 Å². The third-order valence-electron chi connectivity index (χ3n) is 1.88. The monoisotopic (exact) mass is 255 g/mol. The van der Waals surface area contributed by atoms with Crippen molar-refractivity contribution in [2.75, 3.05) is 0 Å². The molecule has 0 aromatic carbocycles. The summed E-state index contributed by atoms with van der Waals surface area (Å²) in [4.78, 5) is 4.09. The van der Waals surface area contributed by atoms with Gasteiger partial charge in [0.05, 0.1) is 6.04 Å². The maximum Gasteiger partial charge on any atom is 0.0512 e. The molecule has 4 heteroatoms. The average Bonchev–Trinajstić information content (AvgIpc) is 2.14. The molecular weight excluding hydrogens is 242 g/mol. The van der Waals surface area contributed by atoms with E-state index >= 15 is 0 Å². The van der Waals surface area contributed by atoms with Gasteiger partial charge in [-0.2, -0.15) is 0 Å². The zero-order chi connectivity index (χ0) is 10.6. The van der Waals surface area contributed by atoms with Crippen LogP contribution in [0.15, 0.2) is 35.1 Å². The van der Waals surface area contributed by atoms with E-state index in [1.807, 2.05) is 13.0 Å². The smallest absolute Gasteiger partial charge is 0.0512 e. The minimum atomic E-state index is 0.0810. The minimum Gasteiger partial charge on any atom is -0.271 e. The van der Waals surface area contributed by atoms with Crippen LogP contribution in [0.5, 0.6) is 0 Å². The first-order valence-electron chi connectivity index (χ1n) is 4.34. The first kappa shape index (κ1) is 11.4. The summed E-state index contributed by atoms with van der Waals surface area (Å²) in [6.45, 7) is 5.85. The van der Waals surface area contributed by atoms with Crippen LogP contribution in [-0.2, 0) is 0 Å². The zero-order valence-corrected chi connectivity index (χ0v) is 9.71. The molecule has 14 heavy (non-hydrogen) atoms. The van der Waals surface area contributed by atoms with Crippen LogP contribution in [0.3, 0.4) is 0 Å². The second kappa shape index (κ2) is 5.24. The molecule has 1 aromatic rings. The molecular formula is C10H14BrN3. The average molecular weight is 256 g/mol. The second-order valence-electron chi connectivity index (χ2n) is 3.32. The number of hydrazine groups is 1. The van der Waals surface area contributed by atoms with E-state index in [0.717, 1.165) is 22.0 Å². The number of hydrogen-bond donors (Lipinski definition) is 2. The molecule has 0 saturated heterocycles. The summed E-state index contributed by atoms with van der Waals surface area (Å²) in [6.07, 6.45) is 4.37. The van der Waals surface area contributed by atoms with Gasteiger partial charge in [0, 0.05) is 16.9 Å². The van der Waals surface area contributed by atoms with Crippen molar-refractivity contribution in [2.45, 2.75) is 19.4 Å². The lowest BCUT2D eigenvalue weighted by Crippen LogP contribution is -2.28. The Kier molecular flexibility index (Phi) is 4.25. The summed E-state index contributed by atoms with van der Waals surface area (Å²) in [5.74, 6) is 5.47. The Morgan fingerprint density at radius 2 is 2.43 bits per heavy atom. The molecule has 1 aromatic heterocycles. The van der Waals surface area contributed by atoms with Crippen LogP contribution in [0.25, 0.3) is 0 Å². The molecule has 1 rings (SSSR count). The fourth-order valence-corrected chi connectivity index (χ4v) is 1.62. The van der Waals surface area contributed by atoms with Crippen molar-refractivity contribution in [3.63, 3.8) is 0 Å². The number of aromatic nitrogens is 1. The number of pyridine rings is 1. The molecule has 1 atom stereocenters. The van der Waals surface area contributed by atoms with Crippen LogP contribution in [0, 0.1) is 0 Å². The fraction of sp³-hybridized carbons (Fsp3) is 0.300. The third-order valence-corrected chi connectivity index (χ3v) is 2.32. The molecule has 3 N–H and O–H groups in total. The van der Waals surface area contributed by atoms with E-state index in [9.17, 15) is 0 Å². The van der Waals surface area contributed by atoms with E-state index in [1.54, 1.807) is 12.4 Å². The highest BCUT2D eigenvalue weighted by molar-refractivity contribution is 9.10. The Morgan fingerprint density at radius 3 is 2.93 bits per heavy atom. The maximum atomic E-state index is 5.47. The van der Waals surface area contributed by atoms with Gasteiger partial charge in [0.1, 0.15) is 0 Å². The van der Waals surface area contributed by atoms with E-state index in [2.05, 4.69) is 32.9 Å². The summed E-state index contributed by atoms with van der Waals surface area (Å²) in [6, 6.07) is 2.08. The predicted molar refractivity (Wildman–Crippen MR) is 61.4 cm³/mol. The lowest BCUT2D eigenvalue weighted by Gasteiger charge is -2.15. The van der Waals surface area contributed by atoms with Crippen LogP contribution >= 0.6 is 15.9 Å². The molecule has 1 heterocycles. The Bertz CT molecular complexity index is 325. The normalized spacial score (nSPS) is 12.5. The fourth-order valence-electron chi connectivity index (χ4n) is 1.24. The van der Waals surface area contributed by atoms with E-state index < -0.39 is 0 Å². The molecule has 0 aliphatic heterocycles. The van der Waals surface area contributed by atoms with Crippen molar-refractivity contribution in [3.05, 3.63) is 40.6 Å². The highest BCUT2D eigenvalue weighted by Gasteiger charge is 2.09. The van der Waals surface area contributed by atoms with Gasteiger partial charge < -0.3 is 0 Å². The van der Waals surface area contributed by atoms with Gasteiger partial charge in [-0.15, -0.1) is 6.58 Å². The topological polar surface area (TPSA) is 50.9 Å². The van der Waals surface area contributed by atoms with Crippen molar-refractivity contribution in [1.82, 2.24) is 10.4 Å². The van der Waals surface area contributed by atoms with Gasteiger partial charge >= 0.3 is 0 Å². The van der Waals surface area contributed by atoms with E-state index in [4.69, 9.17) is 5.84 Å². The molecule has 0 spiro atoms.